The Bertz CT molecular complexity index is 526. The van der Waals surface area contributed by atoms with Crippen LogP contribution < -0.4 is 10.5 Å². The molecule has 0 bridgehead atoms. The van der Waals surface area contributed by atoms with Crippen LogP contribution in [0.2, 0.25) is 0 Å². The lowest BCUT2D eigenvalue weighted by Gasteiger charge is -2.05. The molecule has 0 unspecified atom stereocenters. The number of primary amides is 1. The molecule has 0 saturated carbocycles. The van der Waals surface area contributed by atoms with E-state index in [1.807, 2.05) is 0 Å². The van der Waals surface area contributed by atoms with Crippen molar-refractivity contribution in [2.45, 2.75) is 12.8 Å². The first-order chi connectivity index (χ1) is 8.52. The van der Waals surface area contributed by atoms with Gasteiger partial charge in [0.2, 0.25) is 5.91 Å². The Hall–Kier alpha value is -2.48. The molecule has 94 valence electrons. The summed E-state index contributed by atoms with van der Waals surface area (Å²) in [5.74, 6) is 4.43. The number of carbonyl (C=O) groups excluding carboxylic acids is 1. The lowest BCUT2D eigenvalue weighted by Crippen LogP contribution is -2.08. The van der Waals surface area contributed by atoms with Gasteiger partial charge >= 0.3 is 5.97 Å². The largest absolute Gasteiger partial charge is 0.497 e. The second kappa shape index (κ2) is 6.30. The van der Waals surface area contributed by atoms with Crippen LogP contribution in [0.5, 0.6) is 5.75 Å². The molecular weight excluding hydrogens is 234 g/mol. The lowest BCUT2D eigenvalue weighted by molar-refractivity contribution is -0.136. The fourth-order valence-corrected chi connectivity index (χ4v) is 1.34. The molecule has 0 aliphatic heterocycles. The van der Waals surface area contributed by atoms with Gasteiger partial charge in [0.05, 0.1) is 20.0 Å². The van der Waals surface area contributed by atoms with E-state index < -0.39 is 11.9 Å². The standard InChI is InChI=1S/C13H13NO4/c1-18-11-6-5-10(8-13(16)17)9(7-11)3-2-4-12(14)15/h5-7H,4,8H2,1H3,(H2,14,15)(H,16,17). The van der Waals surface area contributed by atoms with Crippen molar-refractivity contribution in [2.24, 2.45) is 5.73 Å². The SMILES string of the molecule is COc1ccc(CC(=O)O)c(C#CCC(N)=O)c1. The minimum Gasteiger partial charge on any atom is -0.497 e. The molecule has 0 atom stereocenters. The Morgan fingerprint density at radius 3 is 2.72 bits per heavy atom. The summed E-state index contributed by atoms with van der Waals surface area (Å²) in [6.07, 6.45) is -0.200. The highest BCUT2D eigenvalue weighted by atomic mass is 16.5. The predicted molar refractivity (Wildman–Crippen MR) is 65.0 cm³/mol. The van der Waals surface area contributed by atoms with E-state index in [0.717, 1.165) is 0 Å². The zero-order valence-corrected chi connectivity index (χ0v) is 9.90. The Morgan fingerprint density at radius 2 is 2.17 bits per heavy atom. The smallest absolute Gasteiger partial charge is 0.307 e. The minimum absolute atomic E-state index is 0.0658. The number of methoxy groups -OCH3 is 1. The number of rotatable bonds is 4. The molecule has 5 heteroatoms. The van der Waals surface area contributed by atoms with Crippen molar-refractivity contribution < 1.29 is 19.4 Å². The van der Waals surface area contributed by atoms with Crippen LogP contribution in [0.3, 0.4) is 0 Å². The van der Waals surface area contributed by atoms with Crippen molar-refractivity contribution in [3.8, 4) is 17.6 Å². The van der Waals surface area contributed by atoms with E-state index in [9.17, 15) is 9.59 Å². The van der Waals surface area contributed by atoms with Gasteiger partial charge in [0.15, 0.2) is 0 Å². The highest BCUT2D eigenvalue weighted by molar-refractivity contribution is 5.77. The van der Waals surface area contributed by atoms with Crippen LogP contribution in [0, 0.1) is 11.8 Å². The molecule has 0 fully saturated rings. The first-order valence-corrected chi connectivity index (χ1v) is 5.19. The number of benzene rings is 1. The number of nitrogens with two attached hydrogens (primary N) is 1. The summed E-state index contributed by atoms with van der Waals surface area (Å²) in [5, 5.41) is 8.78. The van der Waals surface area contributed by atoms with Gasteiger partial charge < -0.3 is 15.6 Å². The topological polar surface area (TPSA) is 89.6 Å². The number of carboxylic acid groups (broad SMARTS) is 1. The molecule has 1 aromatic carbocycles. The molecule has 5 nitrogen and oxygen atoms in total. The first-order valence-electron chi connectivity index (χ1n) is 5.19. The summed E-state index contributed by atoms with van der Waals surface area (Å²) in [6.45, 7) is 0. The number of carbonyl (C=O) groups is 2. The lowest BCUT2D eigenvalue weighted by atomic mass is 10.0. The van der Waals surface area contributed by atoms with Gasteiger partial charge in [0.25, 0.3) is 0 Å². The van der Waals surface area contributed by atoms with E-state index in [0.29, 0.717) is 16.9 Å². The average molecular weight is 247 g/mol. The normalized spacial score (nSPS) is 9.17. The minimum atomic E-state index is -0.946. The van der Waals surface area contributed by atoms with E-state index in [4.69, 9.17) is 15.6 Å². The quantitative estimate of drug-likeness (QED) is 0.760. The van der Waals surface area contributed by atoms with Crippen LogP contribution in [-0.4, -0.2) is 24.1 Å². The van der Waals surface area contributed by atoms with Crippen molar-refractivity contribution in [1.82, 2.24) is 0 Å². The highest BCUT2D eigenvalue weighted by Gasteiger charge is 2.06. The van der Waals surface area contributed by atoms with Crippen LogP contribution in [-0.2, 0) is 16.0 Å². The summed E-state index contributed by atoms with van der Waals surface area (Å²) in [4.78, 5) is 21.3. The average Bonchev–Trinajstić information content (AvgIpc) is 2.30. The molecule has 1 rings (SSSR count). The Morgan fingerprint density at radius 1 is 1.44 bits per heavy atom. The fraction of sp³-hybridized carbons (Fsp3) is 0.231. The van der Waals surface area contributed by atoms with E-state index >= 15 is 0 Å². The molecule has 0 radical (unpaired) electrons. The van der Waals surface area contributed by atoms with Crippen LogP contribution in [0.15, 0.2) is 18.2 Å². The molecule has 0 saturated heterocycles. The zero-order valence-electron chi connectivity index (χ0n) is 9.90. The number of hydrogen-bond acceptors (Lipinski definition) is 3. The van der Waals surface area contributed by atoms with Crippen molar-refractivity contribution in [2.75, 3.05) is 7.11 Å². The molecular formula is C13H13NO4. The number of ether oxygens (including phenoxy) is 1. The number of aliphatic carboxylic acids is 1. The van der Waals surface area contributed by atoms with Crippen molar-refractivity contribution in [1.29, 1.82) is 0 Å². The van der Waals surface area contributed by atoms with E-state index in [1.165, 1.54) is 7.11 Å². The van der Waals surface area contributed by atoms with Gasteiger partial charge in [-0.3, -0.25) is 9.59 Å². The summed E-state index contributed by atoms with van der Waals surface area (Å²) in [5.41, 5.74) is 6.07. The monoisotopic (exact) mass is 247 g/mol. The van der Waals surface area contributed by atoms with Gasteiger partial charge in [-0.05, 0) is 17.7 Å². The van der Waals surface area contributed by atoms with Gasteiger partial charge in [-0.25, -0.2) is 0 Å². The van der Waals surface area contributed by atoms with Crippen LogP contribution in [0.1, 0.15) is 17.5 Å². The van der Waals surface area contributed by atoms with Crippen LogP contribution in [0.25, 0.3) is 0 Å². The third-order valence-electron chi connectivity index (χ3n) is 2.14. The Kier molecular flexibility index (Phi) is 4.76. The van der Waals surface area contributed by atoms with Gasteiger partial charge in [0, 0.05) is 5.56 Å². The van der Waals surface area contributed by atoms with E-state index in [1.54, 1.807) is 18.2 Å². The van der Waals surface area contributed by atoms with Crippen molar-refractivity contribution >= 4 is 11.9 Å². The van der Waals surface area contributed by atoms with Gasteiger partial charge in [0.1, 0.15) is 5.75 Å². The molecule has 1 amide bonds. The number of carboxylic acids is 1. The van der Waals surface area contributed by atoms with Crippen LogP contribution >= 0.6 is 0 Å². The molecule has 0 aliphatic rings. The van der Waals surface area contributed by atoms with Gasteiger partial charge in [-0.15, -0.1) is 0 Å². The molecule has 0 aromatic heterocycles. The predicted octanol–water partition coefficient (Wildman–Crippen LogP) is 0.549. The summed E-state index contributed by atoms with van der Waals surface area (Å²) in [7, 11) is 1.51. The molecule has 0 spiro atoms. The molecule has 1 aromatic rings. The Balaban J connectivity index is 3.05. The first kappa shape index (κ1) is 13.6. The van der Waals surface area contributed by atoms with E-state index in [-0.39, 0.29) is 12.8 Å². The second-order valence-corrected chi connectivity index (χ2v) is 3.54. The molecule has 18 heavy (non-hydrogen) atoms. The van der Waals surface area contributed by atoms with Crippen molar-refractivity contribution in [3.05, 3.63) is 29.3 Å². The molecule has 0 heterocycles. The summed E-state index contributed by atoms with van der Waals surface area (Å²) in [6, 6.07) is 4.94. The maximum absolute atomic E-state index is 10.7. The number of amides is 1. The Labute approximate surface area is 105 Å². The second-order valence-electron chi connectivity index (χ2n) is 3.54. The fourth-order valence-electron chi connectivity index (χ4n) is 1.34. The summed E-state index contributed by atoms with van der Waals surface area (Å²) < 4.78 is 5.04. The highest BCUT2D eigenvalue weighted by Crippen LogP contribution is 2.17. The zero-order chi connectivity index (χ0) is 13.5. The maximum Gasteiger partial charge on any atom is 0.307 e. The van der Waals surface area contributed by atoms with Gasteiger partial charge in [-0.1, -0.05) is 17.9 Å². The summed E-state index contributed by atoms with van der Waals surface area (Å²) >= 11 is 0. The third kappa shape index (κ3) is 4.18. The number of hydrogen-bond donors (Lipinski definition) is 2. The van der Waals surface area contributed by atoms with Crippen molar-refractivity contribution in [3.63, 3.8) is 0 Å². The van der Waals surface area contributed by atoms with Crippen LogP contribution in [0.4, 0.5) is 0 Å². The third-order valence-corrected chi connectivity index (χ3v) is 2.14. The maximum atomic E-state index is 10.7. The van der Waals surface area contributed by atoms with Gasteiger partial charge in [-0.2, -0.15) is 0 Å². The van der Waals surface area contributed by atoms with E-state index in [2.05, 4.69) is 11.8 Å². The molecule has 3 N–H and O–H groups in total. The molecule has 0 aliphatic carbocycles.